The molecule has 0 unspecified atom stereocenters. The Bertz CT molecular complexity index is 785. The zero-order valence-electron chi connectivity index (χ0n) is 15.8. The molecule has 0 saturated carbocycles. The van der Waals surface area contributed by atoms with Gasteiger partial charge in [0.25, 0.3) is 0 Å². The SMILES string of the molecule is CCOC(=O)CCc1cc(OC)c([Si](C)(C)C)c(OS(=O)(=O)C(F)(F)F)c1. The van der Waals surface area contributed by atoms with E-state index in [0.29, 0.717) is 10.8 Å². The van der Waals surface area contributed by atoms with Crippen molar-refractivity contribution in [3.05, 3.63) is 17.7 Å². The number of carbonyl (C=O) groups excluding carboxylic acids is 1. The van der Waals surface area contributed by atoms with Gasteiger partial charge in [-0.1, -0.05) is 19.6 Å². The molecule has 27 heavy (non-hydrogen) atoms. The molecule has 0 atom stereocenters. The fraction of sp³-hybridized carbons (Fsp3) is 0.562. The van der Waals surface area contributed by atoms with Crippen molar-refractivity contribution in [3.63, 3.8) is 0 Å². The molecule has 0 amide bonds. The third-order valence-corrected chi connectivity index (χ3v) is 6.46. The highest BCUT2D eigenvalue weighted by Gasteiger charge is 2.49. The first-order valence-corrected chi connectivity index (χ1v) is 13.0. The van der Waals surface area contributed by atoms with Crippen LogP contribution in [0, 0.1) is 0 Å². The number of benzene rings is 1. The molecule has 0 heterocycles. The maximum Gasteiger partial charge on any atom is 0.534 e. The quantitative estimate of drug-likeness (QED) is 0.274. The Morgan fingerprint density at radius 2 is 1.70 bits per heavy atom. The van der Waals surface area contributed by atoms with Gasteiger partial charge in [-0.2, -0.15) is 21.6 Å². The molecule has 11 heteroatoms. The van der Waals surface area contributed by atoms with Crippen molar-refractivity contribution in [2.45, 2.75) is 44.9 Å². The predicted octanol–water partition coefficient (Wildman–Crippen LogP) is 2.96. The van der Waals surface area contributed by atoms with Gasteiger partial charge in [0.05, 0.1) is 21.8 Å². The van der Waals surface area contributed by atoms with Crippen LogP contribution < -0.4 is 14.1 Å². The van der Waals surface area contributed by atoms with Crippen molar-refractivity contribution in [1.82, 2.24) is 0 Å². The van der Waals surface area contributed by atoms with Gasteiger partial charge >= 0.3 is 21.6 Å². The molecule has 1 aromatic rings. The van der Waals surface area contributed by atoms with Crippen LogP contribution in [0.3, 0.4) is 0 Å². The van der Waals surface area contributed by atoms with Crippen molar-refractivity contribution in [2.75, 3.05) is 13.7 Å². The van der Waals surface area contributed by atoms with Gasteiger partial charge < -0.3 is 13.7 Å². The topological polar surface area (TPSA) is 78.9 Å². The normalized spacial score (nSPS) is 12.6. The Morgan fingerprint density at radius 1 is 1.15 bits per heavy atom. The monoisotopic (exact) mass is 428 g/mol. The minimum atomic E-state index is -5.84. The van der Waals surface area contributed by atoms with Crippen LogP contribution in [0.15, 0.2) is 12.1 Å². The Balaban J connectivity index is 3.43. The fourth-order valence-corrected chi connectivity index (χ4v) is 4.71. The van der Waals surface area contributed by atoms with Crippen molar-refractivity contribution in [3.8, 4) is 11.5 Å². The number of esters is 1. The van der Waals surface area contributed by atoms with E-state index >= 15 is 0 Å². The van der Waals surface area contributed by atoms with Gasteiger partial charge in [0.2, 0.25) is 0 Å². The van der Waals surface area contributed by atoms with E-state index in [1.165, 1.54) is 13.2 Å². The molecular weight excluding hydrogens is 405 g/mol. The molecule has 0 saturated heterocycles. The van der Waals surface area contributed by atoms with Crippen molar-refractivity contribution >= 4 is 29.3 Å². The highest BCUT2D eigenvalue weighted by atomic mass is 32.2. The number of ether oxygens (including phenoxy) is 2. The number of rotatable bonds is 8. The van der Waals surface area contributed by atoms with Gasteiger partial charge in [-0.25, -0.2) is 0 Å². The van der Waals surface area contributed by atoms with E-state index in [1.54, 1.807) is 13.0 Å². The molecule has 1 rings (SSSR count). The van der Waals surface area contributed by atoms with E-state index in [4.69, 9.17) is 9.47 Å². The van der Waals surface area contributed by atoms with Crippen molar-refractivity contribution in [1.29, 1.82) is 0 Å². The van der Waals surface area contributed by atoms with Crippen LogP contribution in [0.1, 0.15) is 18.9 Å². The smallest absolute Gasteiger partial charge is 0.497 e. The molecule has 0 radical (unpaired) electrons. The van der Waals surface area contributed by atoms with Gasteiger partial charge in [-0.15, -0.1) is 0 Å². The van der Waals surface area contributed by atoms with E-state index in [-0.39, 0.29) is 25.2 Å². The fourth-order valence-electron chi connectivity index (χ4n) is 2.40. The maximum absolute atomic E-state index is 12.8. The summed E-state index contributed by atoms with van der Waals surface area (Å²) < 4.78 is 75.9. The molecule has 0 N–H and O–H groups in total. The number of hydrogen-bond acceptors (Lipinski definition) is 6. The van der Waals surface area contributed by atoms with E-state index < -0.39 is 35.4 Å². The summed E-state index contributed by atoms with van der Waals surface area (Å²) >= 11 is 0. The Morgan fingerprint density at radius 3 is 2.15 bits per heavy atom. The van der Waals surface area contributed by atoms with Gasteiger partial charge in [0.15, 0.2) is 0 Å². The molecule has 0 spiro atoms. The molecular formula is C16H23F3O6SSi. The average molecular weight is 429 g/mol. The van der Waals surface area contributed by atoms with Crippen molar-refractivity contribution < 1.29 is 40.0 Å². The van der Waals surface area contributed by atoms with Crippen LogP contribution in [0.25, 0.3) is 0 Å². The lowest BCUT2D eigenvalue weighted by Crippen LogP contribution is -2.41. The summed E-state index contributed by atoms with van der Waals surface area (Å²) in [6, 6.07) is 2.78. The average Bonchev–Trinajstić information content (AvgIpc) is 2.50. The van der Waals surface area contributed by atoms with Crippen LogP contribution >= 0.6 is 0 Å². The second-order valence-corrected chi connectivity index (χ2v) is 13.2. The molecule has 0 fully saturated rings. The minimum Gasteiger partial charge on any atom is -0.497 e. The van der Waals surface area contributed by atoms with Crippen LogP contribution in [0.5, 0.6) is 11.5 Å². The molecule has 0 aliphatic heterocycles. The van der Waals surface area contributed by atoms with E-state index in [9.17, 15) is 26.4 Å². The molecule has 1 aromatic carbocycles. The summed E-state index contributed by atoms with van der Waals surface area (Å²) in [6.07, 6.45) is 0.109. The lowest BCUT2D eigenvalue weighted by molar-refractivity contribution is -0.143. The van der Waals surface area contributed by atoms with Crippen molar-refractivity contribution in [2.24, 2.45) is 0 Å². The Kier molecular flexibility index (Phi) is 7.34. The number of alkyl halides is 3. The minimum absolute atomic E-state index is 0.0191. The van der Waals surface area contributed by atoms with Crippen LogP contribution in [0.2, 0.25) is 19.6 Å². The molecule has 0 aromatic heterocycles. The lowest BCUT2D eigenvalue weighted by Gasteiger charge is -2.24. The molecule has 6 nitrogen and oxygen atoms in total. The molecule has 0 bridgehead atoms. The van der Waals surface area contributed by atoms with Gasteiger partial charge in [-0.05, 0) is 31.0 Å². The summed E-state index contributed by atoms with van der Waals surface area (Å²) in [5, 5.41) is 0.303. The van der Waals surface area contributed by atoms with Gasteiger partial charge in [-0.3, -0.25) is 4.79 Å². The number of halogens is 3. The second-order valence-electron chi connectivity index (χ2n) is 6.71. The highest BCUT2D eigenvalue weighted by molar-refractivity contribution is 7.88. The lowest BCUT2D eigenvalue weighted by atomic mass is 10.1. The summed E-state index contributed by atoms with van der Waals surface area (Å²) in [6.45, 7) is 7.30. The van der Waals surface area contributed by atoms with Crippen LogP contribution in [0.4, 0.5) is 13.2 Å². The maximum atomic E-state index is 12.8. The first kappa shape index (κ1) is 23.3. The summed E-state index contributed by atoms with van der Waals surface area (Å²) in [5.74, 6) is -0.677. The highest BCUT2D eigenvalue weighted by Crippen LogP contribution is 2.31. The Hall–Kier alpha value is -1.75. The van der Waals surface area contributed by atoms with E-state index in [1.807, 2.05) is 19.6 Å². The number of carbonyl (C=O) groups is 1. The molecule has 0 aliphatic rings. The van der Waals surface area contributed by atoms with Gasteiger partial charge in [0, 0.05) is 11.6 Å². The Labute approximate surface area is 157 Å². The van der Waals surface area contributed by atoms with E-state index in [0.717, 1.165) is 0 Å². The van der Waals surface area contributed by atoms with E-state index in [2.05, 4.69) is 4.18 Å². The molecule has 0 aliphatic carbocycles. The number of hydrogen-bond donors (Lipinski definition) is 0. The third-order valence-electron chi connectivity index (χ3n) is 3.50. The zero-order valence-corrected chi connectivity index (χ0v) is 17.6. The first-order valence-electron chi connectivity index (χ1n) is 8.10. The zero-order chi connectivity index (χ0) is 21.0. The second kappa shape index (κ2) is 8.51. The molecule has 154 valence electrons. The number of aryl methyl sites for hydroxylation is 1. The standard InChI is InChI=1S/C16H23F3O6SSi/c1-6-24-14(20)8-7-11-9-12(23-2)15(27(3,4)5)13(10-11)25-26(21,22)16(17,18)19/h9-10H,6-8H2,1-5H3. The summed E-state index contributed by atoms with van der Waals surface area (Å²) in [5.41, 5.74) is -5.16. The van der Waals surface area contributed by atoms with Crippen LogP contribution in [-0.2, 0) is 26.1 Å². The summed E-state index contributed by atoms with van der Waals surface area (Å²) in [7, 11) is -6.87. The van der Waals surface area contributed by atoms with Crippen LogP contribution in [-0.4, -0.2) is 41.7 Å². The summed E-state index contributed by atoms with van der Waals surface area (Å²) in [4.78, 5) is 11.5. The first-order chi connectivity index (χ1) is 12.2. The predicted molar refractivity (Wildman–Crippen MR) is 96.5 cm³/mol. The largest absolute Gasteiger partial charge is 0.534 e. The third kappa shape index (κ3) is 6.13. The van der Waals surface area contributed by atoms with Gasteiger partial charge in [0.1, 0.15) is 11.5 Å². The number of methoxy groups -OCH3 is 1.